The molecule has 0 aromatic carbocycles. The van der Waals surface area contributed by atoms with Crippen molar-refractivity contribution in [2.24, 2.45) is 19.8 Å². The van der Waals surface area contributed by atoms with E-state index in [-0.39, 0.29) is 12.5 Å². The van der Waals surface area contributed by atoms with Crippen molar-refractivity contribution in [1.82, 2.24) is 9.13 Å². The summed E-state index contributed by atoms with van der Waals surface area (Å²) >= 11 is 0. The van der Waals surface area contributed by atoms with Crippen LogP contribution in [0.2, 0.25) is 0 Å². The monoisotopic (exact) mass is 243 g/mol. The highest BCUT2D eigenvalue weighted by atomic mass is 16.5. The van der Waals surface area contributed by atoms with Crippen molar-refractivity contribution in [2.75, 3.05) is 6.61 Å². The van der Waals surface area contributed by atoms with Crippen LogP contribution in [0.15, 0.2) is 15.7 Å². The number of carboxylic acids is 1. The van der Waals surface area contributed by atoms with E-state index in [0.717, 1.165) is 15.2 Å². The molecule has 0 aliphatic heterocycles. The summed E-state index contributed by atoms with van der Waals surface area (Å²) in [7, 11) is 2.74. The van der Waals surface area contributed by atoms with E-state index in [2.05, 4.69) is 0 Å². The van der Waals surface area contributed by atoms with Crippen LogP contribution in [0.1, 0.15) is 0 Å². The topological polar surface area (TPSA) is 117 Å². The van der Waals surface area contributed by atoms with Crippen molar-refractivity contribution in [1.29, 1.82) is 0 Å². The van der Waals surface area contributed by atoms with Crippen LogP contribution in [0, 0.1) is 0 Å². The molecule has 1 aromatic heterocycles. The van der Waals surface area contributed by atoms with Crippen molar-refractivity contribution in [2.45, 2.75) is 6.04 Å². The number of ether oxygens (including phenoxy) is 1. The number of carbonyl (C=O) groups is 1. The first-order valence-corrected chi connectivity index (χ1v) is 4.73. The summed E-state index contributed by atoms with van der Waals surface area (Å²) in [5, 5.41) is 8.54. The van der Waals surface area contributed by atoms with Crippen LogP contribution in [0.25, 0.3) is 0 Å². The van der Waals surface area contributed by atoms with Crippen molar-refractivity contribution >= 4 is 5.97 Å². The average Bonchev–Trinajstić information content (AvgIpc) is 2.28. The van der Waals surface area contributed by atoms with Crippen molar-refractivity contribution in [3.63, 3.8) is 0 Å². The van der Waals surface area contributed by atoms with Gasteiger partial charge in [0, 0.05) is 14.1 Å². The van der Waals surface area contributed by atoms with E-state index in [4.69, 9.17) is 15.6 Å². The molecule has 94 valence electrons. The van der Waals surface area contributed by atoms with Gasteiger partial charge in [-0.1, -0.05) is 0 Å². The summed E-state index contributed by atoms with van der Waals surface area (Å²) in [6, 6.07) is -0.121. The number of nitrogens with zero attached hydrogens (tertiary/aromatic N) is 2. The Balaban J connectivity index is 2.98. The van der Waals surface area contributed by atoms with Gasteiger partial charge in [0.15, 0.2) is 0 Å². The van der Waals surface area contributed by atoms with Crippen molar-refractivity contribution < 1.29 is 14.6 Å². The molecule has 0 fully saturated rings. The molecule has 0 saturated heterocycles. The van der Waals surface area contributed by atoms with E-state index >= 15 is 0 Å². The lowest BCUT2D eigenvalue weighted by Crippen LogP contribution is -2.39. The molecule has 8 nitrogen and oxygen atoms in total. The Bertz CT molecular complexity index is 545. The van der Waals surface area contributed by atoms with E-state index in [1.165, 1.54) is 14.1 Å². The molecule has 1 aromatic rings. The van der Waals surface area contributed by atoms with Crippen LogP contribution in [0.4, 0.5) is 0 Å². The van der Waals surface area contributed by atoms with Crippen LogP contribution in [-0.2, 0) is 18.9 Å². The van der Waals surface area contributed by atoms with Gasteiger partial charge in [-0.3, -0.25) is 18.7 Å². The maximum Gasteiger partial charge on any atom is 0.333 e. The molecular formula is C9H13N3O5. The third-order valence-electron chi connectivity index (χ3n) is 2.21. The van der Waals surface area contributed by atoms with Gasteiger partial charge >= 0.3 is 11.7 Å². The Hall–Kier alpha value is -2.09. The molecule has 17 heavy (non-hydrogen) atoms. The highest BCUT2D eigenvalue weighted by Crippen LogP contribution is 2.02. The van der Waals surface area contributed by atoms with Crippen LogP contribution < -0.4 is 21.7 Å². The molecule has 1 rings (SSSR count). The van der Waals surface area contributed by atoms with Crippen LogP contribution in [0.5, 0.6) is 5.88 Å². The zero-order chi connectivity index (χ0) is 13.2. The predicted molar refractivity (Wildman–Crippen MR) is 58.0 cm³/mol. The molecular weight excluding hydrogens is 230 g/mol. The predicted octanol–water partition coefficient (Wildman–Crippen LogP) is -2.13. The second-order valence-corrected chi connectivity index (χ2v) is 3.48. The fourth-order valence-electron chi connectivity index (χ4n) is 1.10. The van der Waals surface area contributed by atoms with Gasteiger partial charge in [-0.05, 0) is 0 Å². The first-order chi connectivity index (χ1) is 7.84. The smallest absolute Gasteiger partial charge is 0.333 e. The molecule has 1 atom stereocenters. The average molecular weight is 243 g/mol. The summed E-state index contributed by atoms with van der Waals surface area (Å²) in [6.07, 6.45) is 0. The molecule has 0 saturated carbocycles. The lowest BCUT2D eigenvalue weighted by Gasteiger charge is -2.12. The van der Waals surface area contributed by atoms with E-state index < -0.39 is 23.3 Å². The number of aromatic nitrogens is 2. The molecule has 0 spiro atoms. The Labute approximate surface area is 95.8 Å². The van der Waals surface area contributed by atoms with E-state index in [9.17, 15) is 14.4 Å². The molecule has 0 radical (unpaired) electrons. The van der Waals surface area contributed by atoms with Gasteiger partial charge in [0.2, 0.25) is 5.88 Å². The van der Waals surface area contributed by atoms with Gasteiger partial charge in [0.1, 0.15) is 12.6 Å². The molecule has 0 bridgehead atoms. The second kappa shape index (κ2) is 4.83. The standard InChI is InChI=1S/C9H13N3O5/c1-11-6(13)3-7(12(2)9(11)16)17-4-5(10)8(14)15/h3,5H,4,10H2,1-2H3,(H,14,15). The van der Waals surface area contributed by atoms with E-state index in [1.807, 2.05) is 0 Å². The fraction of sp³-hybridized carbons (Fsp3) is 0.444. The maximum atomic E-state index is 11.5. The minimum atomic E-state index is -1.22. The Morgan fingerprint density at radius 1 is 1.47 bits per heavy atom. The first kappa shape index (κ1) is 13.0. The summed E-state index contributed by atoms with van der Waals surface area (Å²) in [4.78, 5) is 33.3. The van der Waals surface area contributed by atoms with E-state index in [1.54, 1.807) is 0 Å². The van der Waals surface area contributed by atoms with Gasteiger partial charge < -0.3 is 15.6 Å². The minimum Gasteiger partial charge on any atom is -0.480 e. The number of carboxylic acid groups (broad SMARTS) is 1. The number of nitrogens with two attached hydrogens (primary N) is 1. The van der Waals surface area contributed by atoms with E-state index in [0.29, 0.717) is 0 Å². The molecule has 0 aliphatic rings. The van der Waals surface area contributed by atoms with Gasteiger partial charge in [0.05, 0.1) is 6.07 Å². The van der Waals surface area contributed by atoms with Gasteiger partial charge in [0.25, 0.3) is 5.56 Å². The van der Waals surface area contributed by atoms with Gasteiger partial charge in [-0.25, -0.2) is 4.79 Å². The summed E-state index contributed by atoms with van der Waals surface area (Å²) in [5.74, 6) is -1.24. The van der Waals surface area contributed by atoms with Crippen LogP contribution >= 0.6 is 0 Å². The minimum absolute atomic E-state index is 0.0187. The lowest BCUT2D eigenvalue weighted by atomic mass is 10.3. The number of hydrogen-bond acceptors (Lipinski definition) is 5. The van der Waals surface area contributed by atoms with Crippen molar-refractivity contribution in [3.05, 3.63) is 26.9 Å². The zero-order valence-electron chi connectivity index (χ0n) is 9.41. The maximum absolute atomic E-state index is 11.5. The normalized spacial score (nSPS) is 12.2. The zero-order valence-corrected chi connectivity index (χ0v) is 9.41. The highest BCUT2D eigenvalue weighted by Gasteiger charge is 2.14. The Morgan fingerprint density at radius 2 is 2.06 bits per heavy atom. The lowest BCUT2D eigenvalue weighted by molar-refractivity contribution is -0.139. The fourth-order valence-corrected chi connectivity index (χ4v) is 1.10. The number of hydrogen-bond donors (Lipinski definition) is 2. The third-order valence-corrected chi connectivity index (χ3v) is 2.21. The Morgan fingerprint density at radius 3 is 2.59 bits per heavy atom. The highest BCUT2D eigenvalue weighted by molar-refractivity contribution is 5.73. The Kier molecular flexibility index (Phi) is 3.69. The van der Waals surface area contributed by atoms with Crippen molar-refractivity contribution in [3.8, 4) is 5.88 Å². The quantitative estimate of drug-likeness (QED) is 0.624. The number of rotatable bonds is 4. The van der Waals surface area contributed by atoms with Gasteiger partial charge in [-0.2, -0.15) is 0 Å². The van der Waals surface area contributed by atoms with Gasteiger partial charge in [-0.15, -0.1) is 0 Å². The summed E-state index contributed by atoms with van der Waals surface area (Å²) in [5.41, 5.74) is 4.13. The molecule has 0 amide bonds. The van der Waals surface area contributed by atoms with Crippen LogP contribution in [0.3, 0.4) is 0 Å². The summed E-state index contributed by atoms with van der Waals surface area (Å²) in [6.45, 7) is -0.324. The molecule has 1 heterocycles. The largest absolute Gasteiger partial charge is 0.480 e. The SMILES string of the molecule is Cn1c(OCC(N)C(=O)O)cc(=O)n(C)c1=O. The van der Waals surface area contributed by atoms with Crippen LogP contribution in [-0.4, -0.2) is 32.9 Å². The number of aliphatic carboxylic acids is 1. The molecule has 0 aliphatic carbocycles. The molecule has 1 unspecified atom stereocenters. The molecule has 8 heteroatoms. The first-order valence-electron chi connectivity index (χ1n) is 4.73. The second-order valence-electron chi connectivity index (χ2n) is 3.48. The molecule has 3 N–H and O–H groups in total. The summed E-state index contributed by atoms with van der Waals surface area (Å²) < 4.78 is 7.02. The third kappa shape index (κ3) is 2.72.